The first-order valence-corrected chi connectivity index (χ1v) is 17.2. The lowest BCUT2D eigenvalue weighted by molar-refractivity contribution is -0.140. The molecule has 0 radical (unpaired) electrons. The van der Waals surface area contributed by atoms with Crippen LogP contribution in [0.3, 0.4) is 0 Å². The van der Waals surface area contributed by atoms with Gasteiger partial charge >= 0.3 is 6.18 Å². The highest BCUT2D eigenvalue weighted by atomic mass is 35.5. The summed E-state index contributed by atoms with van der Waals surface area (Å²) in [7, 11) is -4.67. The summed E-state index contributed by atoms with van der Waals surface area (Å²) in [5, 5.41) is 2.88. The lowest BCUT2D eigenvalue weighted by atomic mass is 10.0. The first-order valence-electron chi connectivity index (χ1n) is 15.0. The third kappa shape index (κ3) is 9.09. The molecular weight excluding hydrogens is 686 g/mol. The lowest BCUT2D eigenvalue weighted by Crippen LogP contribution is -2.54. The van der Waals surface area contributed by atoms with Gasteiger partial charge in [-0.3, -0.25) is 13.9 Å². The van der Waals surface area contributed by atoms with Crippen molar-refractivity contribution < 1.29 is 31.2 Å². The van der Waals surface area contributed by atoms with Crippen LogP contribution < -0.4 is 9.62 Å². The normalized spacial score (nSPS) is 13.0. The van der Waals surface area contributed by atoms with E-state index in [1.54, 1.807) is 60.7 Å². The molecule has 0 spiro atoms. The minimum Gasteiger partial charge on any atom is -0.352 e. The zero-order valence-electron chi connectivity index (χ0n) is 26.1. The summed E-state index contributed by atoms with van der Waals surface area (Å²) in [5.41, 5.74) is -0.527. The van der Waals surface area contributed by atoms with E-state index in [4.69, 9.17) is 23.2 Å². The van der Waals surface area contributed by atoms with Crippen molar-refractivity contribution in [2.45, 2.75) is 56.4 Å². The Bertz CT molecular complexity index is 1830. The molecule has 0 heterocycles. The van der Waals surface area contributed by atoms with Gasteiger partial charge in [0.15, 0.2) is 0 Å². The summed E-state index contributed by atoms with van der Waals surface area (Å²) >= 11 is 12.9. The van der Waals surface area contributed by atoms with Crippen molar-refractivity contribution in [3.8, 4) is 0 Å². The Balaban J connectivity index is 1.88. The van der Waals surface area contributed by atoms with E-state index < -0.39 is 51.9 Å². The van der Waals surface area contributed by atoms with Crippen molar-refractivity contribution in [1.82, 2.24) is 10.2 Å². The Morgan fingerprint density at radius 3 is 2.06 bits per heavy atom. The highest BCUT2D eigenvalue weighted by Gasteiger charge is 2.37. The Morgan fingerprint density at radius 1 is 0.854 bits per heavy atom. The summed E-state index contributed by atoms with van der Waals surface area (Å²) in [6, 6.07) is 23.4. The molecular formula is C35H34Cl2F3N3O4S. The van der Waals surface area contributed by atoms with Gasteiger partial charge in [0, 0.05) is 24.0 Å². The molecule has 0 aliphatic rings. The van der Waals surface area contributed by atoms with Crippen LogP contribution in [0.25, 0.3) is 0 Å². The second-order valence-electron chi connectivity index (χ2n) is 11.1. The molecule has 0 bridgehead atoms. The number of carbonyl (C=O) groups excluding carboxylic acids is 2. The fraction of sp³-hybridized carbons (Fsp3) is 0.257. The third-order valence-corrected chi connectivity index (χ3v) is 10.2. The zero-order valence-corrected chi connectivity index (χ0v) is 28.5. The molecule has 7 nitrogen and oxygen atoms in total. The van der Waals surface area contributed by atoms with Gasteiger partial charge in [0.1, 0.15) is 12.6 Å². The molecule has 0 aromatic heterocycles. The topological polar surface area (TPSA) is 86.8 Å². The highest BCUT2D eigenvalue weighted by Crippen LogP contribution is 2.37. The van der Waals surface area contributed by atoms with Crippen LogP contribution in [0.2, 0.25) is 10.0 Å². The standard InChI is InChI=1S/C35H34Cl2F3N3O4S/c1-3-24(2)41-34(45)32(20-25-12-6-4-7-13-25)42(22-26-14-10-11-17-29(26)36)33(44)23-43(48(46,47)28-15-8-5-9-16-28)31-21-27(35(38,39)40)18-19-30(31)37/h4-19,21,24,32H,3,20,22-23H2,1-2H3,(H,41,45)/t24-,32+/m1/s1. The minimum absolute atomic E-state index is 0.0506. The molecule has 0 unspecified atom stereocenters. The first kappa shape index (κ1) is 36.8. The van der Waals surface area contributed by atoms with Gasteiger partial charge < -0.3 is 10.2 Å². The monoisotopic (exact) mass is 719 g/mol. The molecule has 1 N–H and O–H groups in total. The number of halogens is 5. The maximum Gasteiger partial charge on any atom is 0.416 e. The number of carbonyl (C=O) groups is 2. The first-order chi connectivity index (χ1) is 22.7. The number of benzene rings is 4. The predicted molar refractivity (Wildman–Crippen MR) is 181 cm³/mol. The van der Waals surface area contributed by atoms with Crippen molar-refractivity contribution in [3.63, 3.8) is 0 Å². The molecule has 0 saturated carbocycles. The number of hydrogen-bond acceptors (Lipinski definition) is 4. The molecule has 0 fully saturated rings. The second-order valence-corrected chi connectivity index (χ2v) is 13.8. The zero-order chi connectivity index (χ0) is 35.1. The molecule has 0 aliphatic carbocycles. The van der Waals surface area contributed by atoms with Crippen LogP contribution in [0, 0.1) is 0 Å². The van der Waals surface area contributed by atoms with Crippen molar-refractivity contribution in [2.24, 2.45) is 0 Å². The molecule has 254 valence electrons. The van der Waals surface area contributed by atoms with Crippen molar-refractivity contribution in [2.75, 3.05) is 10.8 Å². The van der Waals surface area contributed by atoms with Crippen LogP contribution in [0.1, 0.15) is 37.0 Å². The number of nitrogens with one attached hydrogen (secondary N) is 1. The Labute approximate surface area is 288 Å². The average Bonchev–Trinajstić information content (AvgIpc) is 3.06. The van der Waals surface area contributed by atoms with Crippen LogP contribution in [0.5, 0.6) is 0 Å². The smallest absolute Gasteiger partial charge is 0.352 e. The van der Waals surface area contributed by atoms with E-state index >= 15 is 0 Å². The van der Waals surface area contributed by atoms with Gasteiger partial charge in [-0.2, -0.15) is 13.2 Å². The maximum absolute atomic E-state index is 14.5. The Morgan fingerprint density at radius 2 is 1.46 bits per heavy atom. The average molecular weight is 721 g/mol. The van der Waals surface area contributed by atoms with E-state index in [1.165, 1.54) is 29.2 Å². The molecule has 4 rings (SSSR count). The Hall–Kier alpha value is -4.06. The summed E-state index contributed by atoms with van der Waals surface area (Å²) < 4.78 is 70.3. The van der Waals surface area contributed by atoms with Gasteiger partial charge in [-0.25, -0.2) is 8.42 Å². The molecule has 13 heteroatoms. The number of alkyl halides is 3. The highest BCUT2D eigenvalue weighted by molar-refractivity contribution is 7.92. The van der Waals surface area contributed by atoms with E-state index in [0.29, 0.717) is 32.9 Å². The van der Waals surface area contributed by atoms with Crippen LogP contribution >= 0.6 is 23.2 Å². The van der Waals surface area contributed by atoms with E-state index in [2.05, 4.69) is 5.32 Å². The van der Waals surface area contributed by atoms with Gasteiger partial charge in [0.25, 0.3) is 10.0 Å². The maximum atomic E-state index is 14.5. The van der Waals surface area contributed by atoms with Gasteiger partial charge in [-0.1, -0.05) is 96.9 Å². The quantitative estimate of drug-likeness (QED) is 0.153. The van der Waals surface area contributed by atoms with Crippen molar-refractivity contribution >= 4 is 50.7 Å². The van der Waals surface area contributed by atoms with E-state index in [-0.39, 0.29) is 28.9 Å². The summed E-state index contributed by atoms with van der Waals surface area (Å²) in [4.78, 5) is 29.4. The fourth-order valence-corrected chi connectivity index (χ4v) is 6.83. The second kappa shape index (κ2) is 15.9. The Kier molecular flexibility index (Phi) is 12.2. The fourth-order valence-electron chi connectivity index (χ4n) is 4.92. The summed E-state index contributed by atoms with van der Waals surface area (Å²) in [5.74, 6) is -1.37. The molecule has 4 aromatic carbocycles. The molecule has 0 saturated heterocycles. The van der Waals surface area contributed by atoms with Crippen molar-refractivity contribution in [1.29, 1.82) is 0 Å². The van der Waals surface area contributed by atoms with Gasteiger partial charge in [0.2, 0.25) is 11.8 Å². The van der Waals surface area contributed by atoms with Gasteiger partial charge in [-0.05, 0) is 60.9 Å². The number of hydrogen-bond donors (Lipinski definition) is 1. The number of sulfonamides is 1. The summed E-state index contributed by atoms with van der Waals surface area (Å²) in [6.45, 7) is 2.50. The summed E-state index contributed by atoms with van der Waals surface area (Å²) in [6.07, 6.45) is -4.19. The number of rotatable bonds is 13. The number of amides is 2. The molecule has 4 aromatic rings. The SMILES string of the molecule is CC[C@@H](C)NC(=O)[C@H](Cc1ccccc1)N(Cc1ccccc1Cl)C(=O)CN(c1cc(C(F)(F)F)ccc1Cl)S(=O)(=O)c1ccccc1. The van der Waals surface area contributed by atoms with E-state index in [0.717, 1.165) is 12.1 Å². The molecule has 2 amide bonds. The van der Waals surface area contributed by atoms with Gasteiger partial charge in [0.05, 0.1) is 21.2 Å². The van der Waals surface area contributed by atoms with Crippen LogP contribution in [0.15, 0.2) is 108 Å². The largest absolute Gasteiger partial charge is 0.416 e. The van der Waals surface area contributed by atoms with Crippen LogP contribution in [0.4, 0.5) is 18.9 Å². The van der Waals surface area contributed by atoms with Crippen molar-refractivity contribution in [3.05, 3.63) is 130 Å². The lowest BCUT2D eigenvalue weighted by Gasteiger charge is -2.34. The minimum atomic E-state index is -4.84. The van der Waals surface area contributed by atoms with Gasteiger partial charge in [-0.15, -0.1) is 0 Å². The van der Waals surface area contributed by atoms with Crippen LogP contribution in [-0.2, 0) is 38.8 Å². The molecule has 0 aliphatic heterocycles. The van der Waals surface area contributed by atoms with E-state index in [1.807, 2.05) is 13.8 Å². The third-order valence-electron chi connectivity index (χ3n) is 7.72. The van der Waals surface area contributed by atoms with E-state index in [9.17, 15) is 31.2 Å². The number of anilines is 1. The number of nitrogens with zero attached hydrogens (tertiary/aromatic N) is 2. The van der Waals surface area contributed by atoms with Crippen LogP contribution in [-0.4, -0.2) is 43.8 Å². The molecule has 2 atom stereocenters. The predicted octanol–water partition coefficient (Wildman–Crippen LogP) is 7.76. The molecule has 48 heavy (non-hydrogen) atoms.